The van der Waals surface area contributed by atoms with Crippen molar-refractivity contribution in [3.63, 3.8) is 0 Å². The van der Waals surface area contributed by atoms with Gasteiger partial charge in [0.15, 0.2) is 0 Å². The van der Waals surface area contributed by atoms with Crippen molar-refractivity contribution in [3.8, 4) is 18.1 Å². The van der Waals surface area contributed by atoms with Crippen LogP contribution in [0.4, 0.5) is 5.69 Å². The molecule has 0 aliphatic heterocycles. The molecule has 1 N–H and O–H groups in total. The van der Waals surface area contributed by atoms with Gasteiger partial charge in [-0.05, 0) is 26.8 Å². The highest BCUT2D eigenvalue weighted by atomic mass is 16.3. The summed E-state index contributed by atoms with van der Waals surface area (Å²) < 4.78 is 0. The number of hydrogen-bond donors (Lipinski definition) is 1. The van der Waals surface area contributed by atoms with Gasteiger partial charge in [-0.3, -0.25) is 0 Å². The zero-order valence-electron chi connectivity index (χ0n) is 10.2. The fraction of sp³-hybridized carbons (Fsp3) is 0.429. The molecule has 1 aromatic carbocycles. The fourth-order valence-electron chi connectivity index (χ4n) is 1.77. The Bertz CT molecular complexity index is 388. The van der Waals surface area contributed by atoms with Gasteiger partial charge in [0, 0.05) is 36.3 Å². The lowest BCUT2D eigenvalue weighted by molar-refractivity contribution is 0.467. The molecule has 1 atom stereocenters. The Hall–Kier alpha value is -1.62. The summed E-state index contributed by atoms with van der Waals surface area (Å²) in [5, 5.41) is 9.91. The van der Waals surface area contributed by atoms with E-state index in [2.05, 4.69) is 24.7 Å². The maximum atomic E-state index is 9.91. The Morgan fingerprint density at radius 1 is 1.38 bits per heavy atom. The third-order valence-corrected chi connectivity index (χ3v) is 2.86. The van der Waals surface area contributed by atoms with Gasteiger partial charge in [0.05, 0.1) is 0 Å². The highest BCUT2D eigenvalue weighted by molar-refractivity contribution is 5.54. The summed E-state index contributed by atoms with van der Waals surface area (Å²) in [7, 11) is 0. The largest absolute Gasteiger partial charge is 0.508 e. The van der Waals surface area contributed by atoms with Crippen molar-refractivity contribution in [3.05, 3.63) is 23.8 Å². The Morgan fingerprint density at radius 2 is 2.00 bits per heavy atom. The van der Waals surface area contributed by atoms with Crippen molar-refractivity contribution in [2.45, 2.75) is 26.7 Å². The molecule has 0 fully saturated rings. The SMILES string of the molecule is C#CC(C)c1ccc(N(CC)CC)cc1O. The van der Waals surface area contributed by atoms with Crippen molar-refractivity contribution < 1.29 is 5.11 Å². The van der Waals surface area contributed by atoms with E-state index in [1.807, 2.05) is 19.1 Å². The van der Waals surface area contributed by atoms with Crippen LogP contribution in [0, 0.1) is 12.3 Å². The summed E-state index contributed by atoms with van der Waals surface area (Å²) in [6.07, 6.45) is 5.35. The highest BCUT2D eigenvalue weighted by Crippen LogP contribution is 2.29. The maximum Gasteiger partial charge on any atom is 0.122 e. The van der Waals surface area contributed by atoms with Crippen molar-refractivity contribution in [2.24, 2.45) is 0 Å². The third kappa shape index (κ3) is 2.49. The first kappa shape index (κ1) is 12.4. The van der Waals surface area contributed by atoms with Crippen LogP contribution in [0.25, 0.3) is 0 Å². The zero-order valence-corrected chi connectivity index (χ0v) is 10.2. The molecular formula is C14H19NO. The minimum Gasteiger partial charge on any atom is -0.508 e. The predicted octanol–water partition coefficient (Wildman–Crippen LogP) is 2.98. The summed E-state index contributed by atoms with van der Waals surface area (Å²) in [5.41, 5.74) is 1.86. The summed E-state index contributed by atoms with van der Waals surface area (Å²) >= 11 is 0. The Morgan fingerprint density at radius 3 is 2.44 bits per heavy atom. The van der Waals surface area contributed by atoms with Crippen LogP contribution in [0.1, 0.15) is 32.3 Å². The summed E-state index contributed by atoms with van der Waals surface area (Å²) in [6, 6.07) is 5.71. The highest BCUT2D eigenvalue weighted by Gasteiger charge is 2.10. The third-order valence-electron chi connectivity index (χ3n) is 2.86. The van der Waals surface area contributed by atoms with Gasteiger partial charge < -0.3 is 10.0 Å². The molecule has 2 heteroatoms. The van der Waals surface area contributed by atoms with Gasteiger partial charge in [-0.1, -0.05) is 12.0 Å². The Balaban J connectivity index is 3.04. The summed E-state index contributed by atoms with van der Waals surface area (Å²) in [4.78, 5) is 2.18. The van der Waals surface area contributed by atoms with Gasteiger partial charge in [0.25, 0.3) is 0 Å². The second kappa shape index (κ2) is 5.46. The van der Waals surface area contributed by atoms with Crippen LogP contribution < -0.4 is 4.90 Å². The molecule has 0 aliphatic rings. The maximum absolute atomic E-state index is 9.91. The molecule has 2 nitrogen and oxygen atoms in total. The first-order chi connectivity index (χ1) is 7.63. The number of rotatable bonds is 4. The van der Waals surface area contributed by atoms with E-state index in [1.165, 1.54) is 0 Å². The molecule has 16 heavy (non-hydrogen) atoms. The van der Waals surface area contributed by atoms with E-state index in [9.17, 15) is 5.11 Å². The van der Waals surface area contributed by atoms with Gasteiger partial charge in [-0.25, -0.2) is 0 Å². The van der Waals surface area contributed by atoms with E-state index >= 15 is 0 Å². The second-order valence-electron chi connectivity index (χ2n) is 3.80. The number of hydrogen-bond acceptors (Lipinski definition) is 2. The van der Waals surface area contributed by atoms with E-state index in [4.69, 9.17) is 6.42 Å². The van der Waals surface area contributed by atoms with Gasteiger partial charge in [0.1, 0.15) is 5.75 Å². The molecule has 0 bridgehead atoms. The lowest BCUT2D eigenvalue weighted by Gasteiger charge is -2.22. The summed E-state index contributed by atoms with van der Waals surface area (Å²) in [6.45, 7) is 7.96. The number of phenolic OH excluding ortho intramolecular Hbond substituents is 1. The quantitative estimate of drug-likeness (QED) is 0.784. The topological polar surface area (TPSA) is 23.5 Å². The van der Waals surface area contributed by atoms with Crippen LogP contribution in [0.2, 0.25) is 0 Å². The van der Waals surface area contributed by atoms with Crippen LogP contribution in [-0.4, -0.2) is 18.2 Å². The van der Waals surface area contributed by atoms with Crippen molar-refractivity contribution >= 4 is 5.69 Å². The number of anilines is 1. The molecule has 0 amide bonds. The molecule has 0 spiro atoms. The molecular weight excluding hydrogens is 198 g/mol. The molecule has 1 rings (SSSR count). The zero-order chi connectivity index (χ0) is 12.1. The first-order valence-corrected chi connectivity index (χ1v) is 5.68. The van der Waals surface area contributed by atoms with Crippen LogP contribution in [-0.2, 0) is 0 Å². The van der Waals surface area contributed by atoms with E-state index in [-0.39, 0.29) is 11.7 Å². The molecule has 0 aromatic heterocycles. The van der Waals surface area contributed by atoms with Crippen LogP contribution >= 0.6 is 0 Å². The Kier molecular flexibility index (Phi) is 4.25. The monoisotopic (exact) mass is 217 g/mol. The van der Waals surface area contributed by atoms with Crippen molar-refractivity contribution in [1.29, 1.82) is 0 Å². The molecule has 0 saturated heterocycles. The molecule has 86 valence electrons. The summed E-state index contributed by atoms with van der Waals surface area (Å²) in [5.74, 6) is 2.86. The molecule has 1 unspecified atom stereocenters. The number of terminal acetylenes is 1. The molecule has 0 aliphatic carbocycles. The Labute approximate surface area is 97.9 Å². The number of benzene rings is 1. The fourth-order valence-corrected chi connectivity index (χ4v) is 1.77. The molecule has 0 radical (unpaired) electrons. The lowest BCUT2D eigenvalue weighted by atomic mass is 10.0. The lowest BCUT2D eigenvalue weighted by Crippen LogP contribution is -2.21. The van der Waals surface area contributed by atoms with Crippen LogP contribution in [0.5, 0.6) is 5.75 Å². The van der Waals surface area contributed by atoms with Gasteiger partial charge in [0.2, 0.25) is 0 Å². The predicted molar refractivity (Wildman–Crippen MR) is 68.9 cm³/mol. The van der Waals surface area contributed by atoms with Crippen molar-refractivity contribution in [1.82, 2.24) is 0 Å². The first-order valence-electron chi connectivity index (χ1n) is 5.68. The number of nitrogens with zero attached hydrogens (tertiary/aromatic N) is 1. The van der Waals surface area contributed by atoms with Gasteiger partial charge >= 0.3 is 0 Å². The van der Waals surface area contributed by atoms with Crippen LogP contribution in [0.15, 0.2) is 18.2 Å². The number of aromatic hydroxyl groups is 1. The average Bonchev–Trinajstić information content (AvgIpc) is 2.30. The van der Waals surface area contributed by atoms with Gasteiger partial charge in [-0.15, -0.1) is 6.42 Å². The average molecular weight is 217 g/mol. The van der Waals surface area contributed by atoms with Gasteiger partial charge in [-0.2, -0.15) is 0 Å². The van der Waals surface area contributed by atoms with Crippen molar-refractivity contribution in [2.75, 3.05) is 18.0 Å². The van der Waals surface area contributed by atoms with E-state index in [0.29, 0.717) is 0 Å². The van der Waals surface area contributed by atoms with E-state index < -0.39 is 0 Å². The standard InChI is InChI=1S/C14H19NO/c1-5-11(4)13-9-8-12(10-14(13)16)15(6-2)7-3/h1,8-11,16H,6-7H2,2-4H3. The smallest absolute Gasteiger partial charge is 0.122 e. The molecule has 0 heterocycles. The van der Waals surface area contributed by atoms with Crippen LogP contribution in [0.3, 0.4) is 0 Å². The molecule has 0 saturated carbocycles. The second-order valence-corrected chi connectivity index (χ2v) is 3.80. The minimum absolute atomic E-state index is 0.0502. The van der Waals surface area contributed by atoms with E-state index in [0.717, 1.165) is 24.3 Å². The van der Waals surface area contributed by atoms with E-state index in [1.54, 1.807) is 6.07 Å². The normalized spacial score (nSPS) is 11.9. The minimum atomic E-state index is -0.0502. The molecule has 1 aromatic rings. The number of phenols is 1.